The van der Waals surface area contributed by atoms with Gasteiger partial charge in [0.25, 0.3) is 0 Å². The second-order valence-corrected chi connectivity index (χ2v) is 6.81. The Kier molecular flexibility index (Phi) is 6.23. The molecule has 2 aromatic rings. The average Bonchev–Trinajstić information content (AvgIpc) is 3.11. The van der Waals surface area contributed by atoms with Crippen molar-refractivity contribution in [3.8, 4) is 11.5 Å². The molecule has 0 spiro atoms. The molecule has 154 valence electrons. The number of hydrogen-bond donors (Lipinski definition) is 3. The van der Waals surface area contributed by atoms with Crippen LogP contribution in [0.1, 0.15) is 17.2 Å². The minimum atomic E-state index is -0.899. The summed E-state index contributed by atoms with van der Waals surface area (Å²) in [5.41, 5.74) is 3.42. The van der Waals surface area contributed by atoms with Gasteiger partial charge in [-0.25, -0.2) is 0 Å². The molecule has 1 aliphatic rings. The molecule has 1 unspecified atom stereocenters. The summed E-state index contributed by atoms with van der Waals surface area (Å²) in [6, 6.07) is 10.5. The normalized spacial score (nSPS) is 13.4. The van der Waals surface area contributed by atoms with E-state index >= 15 is 0 Å². The molecule has 1 heterocycles. The predicted octanol–water partition coefficient (Wildman–Crippen LogP) is 1.48. The number of hydrogen-bond acceptors (Lipinski definition) is 6. The Labute approximate surface area is 169 Å². The molecule has 3 rings (SSSR count). The number of fused-ring (bicyclic) bond motifs is 1. The number of rotatable bonds is 6. The fourth-order valence-electron chi connectivity index (χ4n) is 3.28. The van der Waals surface area contributed by atoms with Crippen molar-refractivity contribution in [3.63, 3.8) is 0 Å². The number of anilines is 2. The number of methoxy groups -OCH3 is 2. The average molecular weight is 399 g/mol. The highest BCUT2D eigenvalue weighted by molar-refractivity contribution is 6.39. The van der Waals surface area contributed by atoms with Gasteiger partial charge in [-0.15, -0.1) is 0 Å². The second-order valence-electron chi connectivity index (χ2n) is 6.81. The lowest BCUT2D eigenvalue weighted by atomic mass is 10.0. The zero-order valence-corrected chi connectivity index (χ0v) is 16.7. The van der Waals surface area contributed by atoms with Gasteiger partial charge in [-0.1, -0.05) is 12.1 Å². The highest BCUT2D eigenvalue weighted by Crippen LogP contribution is 2.30. The third-order valence-electron chi connectivity index (χ3n) is 4.92. The molecule has 2 aromatic carbocycles. The van der Waals surface area contributed by atoms with Crippen LogP contribution >= 0.6 is 0 Å². The molecule has 8 heteroatoms. The quantitative estimate of drug-likeness (QED) is 0.637. The van der Waals surface area contributed by atoms with E-state index in [1.54, 1.807) is 18.2 Å². The molecular weight excluding hydrogens is 374 g/mol. The molecule has 2 amide bonds. The van der Waals surface area contributed by atoms with E-state index in [1.165, 1.54) is 19.8 Å². The van der Waals surface area contributed by atoms with Crippen molar-refractivity contribution in [3.05, 3.63) is 47.5 Å². The topological polar surface area (TPSA) is 100 Å². The molecule has 0 saturated heterocycles. The zero-order chi connectivity index (χ0) is 21.0. The number of ether oxygens (including phenoxy) is 2. The number of carbonyl (C=O) groups excluding carboxylic acids is 2. The summed E-state index contributed by atoms with van der Waals surface area (Å²) in [7, 11) is 5.02. The highest BCUT2D eigenvalue weighted by Gasteiger charge is 2.20. The summed E-state index contributed by atoms with van der Waals surface area (Å²) in [5.74, 6) is -0.721. The van der Waals surface area contributed by atoms with Gasteiger partial charge in [0.2, 0.25) is 0 Å². The van der Waals surface area contributed by atoms with E-state index in [2.05, 4.69) is 15.5 Å². The number of carbonyl (C=O) groups is 2. The molecule has 8 nitrogen and oxygen atoms in total. The largest absolute Gasteiger partial charge is 0.493 e. The SMILES string of the molecule is COc1ccc(NC(=O)C(=O)NCC(O)c2ccc3c(c2)CCN3C)cc1OC. The van der Waals surface area contributed by atoms with E-state index in [4.69, 9.17) is 9.47 Å². The van der Waals surface area contributed by atoms with Gasteiger partial charge in [0, 0.05) is 37.6 Å². The monoisotopic (exact) mass is 399 g/mol. The van der Waals surface area contributed by atoms with Crippen LogP contribution in [0.2, 0.25) is 0 Å². The van der Waals surface area contributed by atoms with Crippen LogP contribution in [0.4, 0.5) is 11.4 Å². The Morgan fingerprint density at radius 2 is 1.86 bits per heavy atom. The lowest BCUT2D eigenvalue weighted by Gasteiger charge is -2.15. The van der Waals surface area contributed by atoms with Crippen molar-refractivity contribution in [1.82, 2.24) is 5.32 Å². The van der Waals surface area contributed by atoms with Crippen molar-refractivity contribution in [2.75, 3.05) is 44.6 Å². The standard InChI is InChI=1S/C21H25N3O5/c1-24-9-8-13-10-14(4-6-16(13)24)17(25)12-22-20(26)21(27)23-15-5-7-18(28-2)19(11-15)29-3/h4-7,10-11,17,25H,8-9,12H2,1-3H3,(H,22,26)(H,23,27). The van der Waals surface area contributed by atoms with Gasteiger partial charge in [-0.2, -0.15) is 0 Å². The summed E-state index contributed by atoms with van der Waals surface area (Å²) >= 11 is 0. The number of amides is 2. The van der Waals surface area contributed by atoms with Crippen LogP contribution in [0, 0.1) is 0 Å². The molecule has 0 bridgehead atoms. The molecule has 0 aromatic heterocycles. The Morgan fingerprint density at radius 3 is 2.59 bits per heavy atom. The smallest absolute Gasteiger partial charge is 0.313 e. The summed E-state index contributed by atoms with van der Waals surface area (Å²) in [6.07, 6.45) is 0.0241. The molecule has 29 heavy (non-hydrogen) atoms. The lowest BCUT2D eigenvalue weighted by Crippen LogP contribution is -2.37. The number of nitrogens with one attached hydrogen (secondary N) is 2. The van der Waals surface area contributed by atoms with Crippen LogP contribution in [0.25, 0.3) is 0 Å². The minimum absolute atomic E-state index is 0.0627. The van der Waals surface area contributed by atoms with E-state index < -0.39 is 17.9 Å². The maximum Gasteiger partial charge on any atom is 0.313 e. The van der Waals surface area contributed by atoms with Crippen LogP contribution < -0.4 is 25.0 Å². The van der Waals surface area contributed by atoms with Gasteiger partial charge in [-0.05, 0) is 35.7 Å². The van der Waals surface area contributed by atoms with Gasteiger partial charge in [0.1, 0.15) is 0 Å². The summed E-state index contributed by atoms with van der Waals surface area (Å²) < 4.78 is 10.3. The lowest BCUT2D eigenvalue weighted by molar-refractivity contribution is -0.136. The molecule has 0 radical (unpaired) electrons. The predicted molar refractivity (Wildman–Crippen MR) is 110 cm³/mol. The van der Waals surface area contributed by atoms with Crippen molar-refractivity contribution >= 4 is 23.2 Å². The molecule has 1 atom stereocenters. The second kappa shape index (κ2) is 8.83. The first kappa shape index (κ1) is 20.5. The van der Waals surface area contributed by atoms with Gasteiger partial charge < -0.3 is 30.1 Å². The third-order valence-corrected chi connectivity index (χ3v) is 4.92. The minimum Gasteiger partial charge on any atom is -0.493 e. The summed E-state index contributed by atoms with van der Waals surface area (Å²) in [4.78, 5) is 26.4. The van der Waals surface area contributed by atoms with Crippen molar-refractivity contribution in [2.45, 2.75) is 12.5 Å². The molecule has 1 aliphatic heterocycles. The van der Waals surface area contributed by atoms with Crippen LogP contribution in [0.15, 0.2) is 36.4 Å². The van der Waals surface area contributed by atoms with Gasteiger partial charge >= 0.3 is 11.8 Å². The van der Waals surface area contributed by atoms with Crippen LogP contribution in [-0.2, 0) is 16.0 Å². The van der Waals surface area contributed by atoms with Crippen molar-refractivity contribution < 1.29 is 24.2 Å². The van der Waals surface area contributed by atoms with E-state index in [0.29, 0.717) is 22.7 Å². The van der Waals surface area contributed by atoms with Gasteiger partial charge in [0.15, 0.2) is 11.5 Å². The van der Waals surface area contributed by atoms with E-state index in [1.807, 2.05) is 25.2 Å². The third kappa shape index (κ3) is 4.60. The zero-order valence-electron chi connectivity index (χ0n) is 16.7. The molecule has 0 fully saturated rings. The van der Waals surface area contributed by atoms with Gasteiger partial charge in [-0.3, -0.25) is 9.59 Å². The number of likely N-dealkylation sites (N-methyl/N-ethyl adjacent to an activating group) is 1. The van der Waals surface area contributed by atoms with Crippen molar-refractivity contribution in [2.24, 2.45) is 0 Å². The van der Waals surface area contributed by atoms with E-state index in [9.17, 15) is 14.7 Å². The number of aliphatic hydroxyl groups is 1. The number of benzene rings is 2. The Morgan fingerprint density at radius 1 is 1.10 bits per heavy atom. The van der Waals surface area contributed by atoms with Gasteiger partial charge in [0.05, 0.1) is 20.3 Å². The fourth-order valence-corrected chi connectivity index (χ4v) is 3.28. The van der Waals surface area contributed by atoms with Crippen LogP contribution in [-0.4, -0.2) is 51.3 Å². The molecule has 0 aliphatic carbocycles. The Balaban J connectivity index is 1.55. The molecule has 3 N–H and O–H groups in total. The molecule has 0 saturated carbocycles. The summed E-state index contributed by atoms with van der Waals surface area (Å²) in [6.45, 7) is 0.884. The highest BCUT2D eigenvalue weighted by atomic mass is 16.5. The van der Waals surface area contributed by atoms with Crippen molar-refractivity contribution in [1.29, 1.82) is 0 Å². The number of nitrogens with zero attached hydrogens (tertiary/aromatic N) is 1. The summed E-state index contributed by atoms with van der Waals surface area (Å²) in [5, 5.41) is 15.3. The first-order chi connectivity index (χ1) is 13.9. The van der Waals surface area contributed by atoms with Crippen LogP contribution in [0.5, 0.6) is 11.5 Å². The first-order valence-corrected chi connectivity index (χ1v) is 9.26. The first-order valence-electron chi connectivity index (χ1n) is 9.26. The maximum absolute atomic E-state index is 12.1. The van der Waals surface area contributed by atoms with E-state index in [-0.39, 0.29) is 6.54 Å². The Hall–Kier alpha value is -3.26. The van der Waals surface area contributed by atoms with E-state index in [0.717, 1.165) is 18.7 Å². The van der Waals surface area contributed by atoms with Crippen LogP contribution in [0.3, 0.4) is 0 Å². The molecular formula is C21H25N3O5. The maximum atomic E-state index is 12.1. The Bertz CT molecular complexity index is 915. The fraction of sp³-hybridized carbons (Fsp3) is 0.333. The number of aliphatic hydroxyl groups excluding tert-OH is 1.